The van der Waals surface area contributed by atoms with Crippen LogP contribution in [0.3, 0.4) is 0 Å². The van der Waals surface area contributed by atoms with Crippen molar-refractivity contribution in [3.8, 4) is 11.5 Å². The van der Waals surface area contributed by atoms with Gasteiger partial charge in [-0.05, 0) is 12.1 Å². The van der Waals surface area contributed by atoms with Gasteiger partial charge in [-0.15, -0.1) is 10.2 Å². The molecule has 1 aromatic heterocycles. The highest BCUT2D eigenvalue weighted by Gasteiger charge is 2.20. The molecule has 144 valence electrons. The number of benzene rings is 1. The Morgan fingerprint density at radius 3 is 2.74 bits per heavy atom. The summed E-state index contributed by atoms with van der Waals surface area (Å²) < 4.78 is 17.0. The van der Waals surface area contributed by atoms with E-state index in [1.165, 1.54) is 13.1 Å². The second kappa shape index (κ2) is 8.88. The van der Waals surface area contributed by atoms with Crippen LogP contribution in [0.15, 0.2) is 24.3 Å². The van der Waals surface area contributed by atoms with Crippen molar-refractivity contribution >= 4 is 28.9 Å². The molecule has 0 atom stereocenters. The number of aromatic nitrogens is 2. The number of nitrogens with zero attached hydrogens (tertiary/aromatic N) is 2. The summed E-state index contributed by atoms with van der Waals surface area (Å²) >= 11 is 5.95. The minimum Gasteiger partial charge on any atom is -0.491 e. The van der Waals surface area contributed by atoms with Crippen LogP contribution in [0.1, 0.15) is 23.3 Å². The van der Waals surface area contributed by atoms with Crippen molar-refractivity contribution < 1.29 is 19.0 Å². The van der Waals surface area contributed by atoms with Crippen LogP contribution >= 0.6 is 11.6 Å². The Labute approximate surface area is 162 Å². The third-order valence-corrected chi connectivity index (χ3v) is 4.31. The number of carbonyl (C=O) groups is 1. The lowest BCUT2D eigenvalue weighted by Gasteiger charge is -2.25. The van der Waals surface area contributed by atoms with Crippen molar-refractivity contribution in [2.75, 3.05) is 32.7 Å². The van der Waals surface area contributed by atoms with Gasteiger partial charge in [0.05, 0.1) is 31.7 Å². The van der Waals surface area contributed by atoms with Gasteiger partial charge in [0.2, 0.25) is 0 Å². The lowest BCUT2D eigenvalue weighted by Crippen LogP contribution is -2.26. The van der Waals surface area contributed by atoms with Gasteiger partial charge in [0.15, 0.2) is 22.3 Å². The van der Waals surface area contributed by atoms with E-state index in [1.807, 2.05) is 18.2 Å². The Morgan fingerprint density at radius 1 is 1.26 bits per heavy atom. The molecular weight excluding hydrogens is 372 g/mol. The summed E-state index contributed by atoms with van der Waals surface area (Å²) in [6.45, 7) is 1.36. The number of hydrogen-bond acceptors (Lipinski definition) is 7. The van der Waals surface area contributed by atoms with Gasteiger partial charge < -0.3 is 24.8 Å². The zero-order valence-corrected chi connectivity index (χ0v) is 15.9. The predicted octanol–water partition coefficient (Wildman–Crippen LogP) is 2.80. The molecule has 0 bridgehead atoms. The molecule has 2 N–H and O–H groups in total. The molecule has 0 saturated carbocycles. The molecule has 27 heavy (non-hydrogen) atoms. The van der Waals surface area contributed by atoms with Crippen LogP contribution in [0.4, 0.5) is 11.4 Å². The maximum absolute atomic E-state index is 12.1. The van der Waals surface area contributed by atoms with Gasteiger partial charge in [-0.3, -0.25) is 4.79 Å². The number of anilines is 2. The topological polar surface area (TPSA) is 94.6 Å². The number of methoxy groups -OCH3 is 1. The van der Waals surface area contributed by atoms with Gasteiger partial charge in [-0.25, -0.2) is 0 Å². The third kappa shape index (κ3) is 4.58. The molecule has 1 aliphatic heterocycles. The van der Waals surface area contributed by atoms with E-state index in [4.69, 9.17) is 25.8 Å². The standard InChI is InChI=1S/C18H21ClN4O4/c1-20-18(24)16-13(10-15(19)22-23-16)21-12-4-3-5-14(17(12)25-2)27-11-6-8-26-9-7-11/h3-5,10-11H,6-9H2,1-2H3,(H,20,24)(H,21,22). The molecule has 9 heteroatoms. The van der Waals surface area contributed by atoms with Gasteiger partial charge in [0.1, 0.15) is 6.10 Å². The van der Waals surface area contributed by atoms with E-state index in [-0.39, 0.29) is 22.9 Å². The first kappa shape index (κ1) is 19.2. The summed E-state index contributed by atoms with van der Waals surface area (Å²) in [5, 5.41) is 13.5. The van der Waals surface area contributed by atoms with Gasteiger partial charge in [-0.2, -0.15) is 0 Å². The Kier molecular flexibility index (Phi) is 6.31. The zero-order valence-electron chi connectivity index (χ0n) is 15.1. The molecule has 1 aromatic carbocycles. The lowest BCUT2D eigenvalue weighted by atomic mass is 10.1. The fourth-order valence-electron chi connectivity index (χ4n) is 2.79. The summed E-state index contributed by atoms with van der Waals surface area (Å²) in [5.41, 5.74) is 1.16. The number of nitrogens with one attached hydrogen (secondary N) is 2. The Balaban J connectivity index is 1.90. The van der Waals surface area contributed by atoms with Crippen molar-refractivity contribution in [3.63, 3.8) is 0 Å². The van der Waals surface area contributed by atoms with E-state index in [9.17, 15) is 4.79 Å². The predicted molar refractivity (Wildman–Crippen MR) is 101 cm³/mol. The summed E-state index contributed by atoms with van der Waals surface area (Å²) in [6.07, 6.45) is 1.72. The summed E-state index contributed by atoms with van der Waals surface area (Å²) in [5.74, 6) is 0.763. The highest BCUT2D eigenvalue weighted by molar-refractivity contribution is 6.29. The Bertz CT molecular complexity index is 812. The minimum absolute atomic E-state index is 0.0707. The van der Waals surface area contributed by atoms with Crippen molar-refractivity contribution in [3.05, 3.63) is 35.1 Å². The van der Waals surface area contributed by atoms with Crippen LogP contribution in [0.25, 0.3) is 0 Å². The van der Waals surface area contributed by atoms with Gasteiger partial charge in [0, 0.05) is 26.0 Å². The van der Waals surface area contributed by atoms with Crippen molar-refractivity contribution in [2.45, 2.75) is 18.9 Å². The maximum Gasteiger partial charge on any atom is 0.273 e. The van der Waals surface area contributed by atoms with Crippen molar-refractivity contribution in [2.24, 2.45) is 0 Å². The van der Waals surface area contributed by atoms with E-state index in [1.54, 1.807) is 7.11 Å². The quantitative estimate of drug-likeness (QED) is 0.780. The van der Waals surface area contributed by atoms with E-state index in [0.29, 0.717) is 36.1 Å². The lowest BCUT2D eigenvalue weighted by molar-refractivity contribution is 0.0246. The molecule has 0 unspecified atom stereocenters. The second-order valence-electron chi connectivity index (χ2n) is 5.90. The number of carbonyl (C=O) groups excluding carboxylic acids is 1. The monoisotopic (exact) mass is 392 g/mol. The zero-order chi connectivity index (χ0) is 19.2. The molecule has 1 aliphatic rings. The van der Waals surface area contributed by atoms with E-state index >= 15 is 0 Å². The van der Waals surface area contributed by atoms with Crippen LogP contribution in [0.2, 0.25) is 5.15 Å². The maximum atomic E-state index is 12.1. The number of amides is 1. The fourth-order valence-corrected chi connectivity index (χ4v) is 2.93. The van der Waals surface area contributed by atoms with Crippen LogP contribution in [-0.2, 0) is 4.74 Å². The highest BCUT2D eigenvalue weighted by atomic mass is 35.5. The van der Waals surface area contributed by atoms with Gasteiger partial charge in [0.25, 0.3) is 5.91 Å². The number of halogens is 1. The second-order valence-corrected chi connectivity index (χ2v) is 6.29. The van der Waals surface area contributed by atoms with E-state index in [0.717, 1.165) is 12.8 Å². The summed E-state index contributed by atoms with van der Waals surface area (Å²) in [6, 6.07) is 7.04. The molecule has 2 aromatic rings. The fraction of sp³-hybridized carbons (Fsp3) is 0.389. The van der Waals surface area contributed by atoms with E-state index < -0.39 is 0 Å². The average molecular weight is 393 g/mol. The molecule has 0 aliphatic carbocycles. The normalized spacial score (nSPS) is 14.5. The summed E-state index contributed by atoms with van der Waals surface area (Å²) in [4.78, 5) is 12.1. The molecule has 0 spiro atoms. The van der Waals surface area contributed by atoms with Crippen LogP contribution in [0, 0.1) is 0 Å². The van der Waals surface area contributed by atoms with Gasteiger partial charge in [-0.1, -0.05) is 17.7 Å². The summed E-state index contributed by atoms with van der Waals surface area (Å²) in [7, 11) is 3.08. The SMILES string of the molecule is CNC(=O)c1nnc(Cl)cc1Nc1cccc(OC2CCOCC2)c1OC. The molecule has 1 fully saturated rings. The van der Waals surface area contributed by atoms with Crippen LogP contribution < -0.4 is 20.1 Å². The Hall–Kier alpha value is -2.58. The number of hydrogen-bond donors (Lipinski definition) is 2. The molecule has 8 nitrogen and oxygen atoms in total. The smallest absolute Gasteiger partial charge is 0.273 e. The third-order valence-electron chi connectivity index (χ3n) is 4.12. The molecule has 3 rings (SSSR count). The van der Waals surface area contributed by atoms with Crippen LogP contribution in [0.5, 0.6) is 11.5 Å². The average Bonchev–Trinajstić information content (AvgIpc) is 2.68. The molecule has 0 radical (unpaired) electrons. The van der Waals surface area contributed by atoms with Crippen LogP contribution in [-0.4, -0.2) is 49.6 Å². The number of ether oxygens (including phenoxy) is 3. The first-order valence-corrected chi connectivity index (χ1v) is 8.94. The molecule has 1 amide bonds. The van der Waals surface area contributed by atoms with Gasteiger partial charge >= 0.3 is 0 Å². The minimum atomic E-state index is -0.379. The largest absolute Gasteiger partial charge is 0.491 e. The Morgan fingerprint density at radius 2 is 2.04 bits per heavy atom. The highest BCUT2D eigenvalue weighted by Crippen LogP contribution is 2.38. The first-order valence-electron chi connectivity index (χ1n) is 8.56. The molecule has 1 saturated heterocycles. The number of rotatable bonds is 6. The molecule has 2 heterocycles. The molecular formula is C18H21ClN4O4. The van der Waals surface area contributed by atoms with Crippen molar-refractivity contribution in [1.82, 2.24) is 15.5 Å². The van der Waals surface area contributed by atoms with Crippen molar-refractivity contribution in [1.29, 1.82) is 0 Å². The van der Waals surface area contributed by atoms with E-state index in [2.05, 4.69) is 20.8 Å². The first-order chi connectivity index (χ1) is 13.1. The number of para-hydroxylation sites is 1.